The number of hydrogen-bond donors (Lipinski definition) is 1. The average Bonchev–Trinajstić information content (AvgIpc) is 2.87. The van der Waals surface area contributed by atoms with E-state index in [1.54, 1.807) is 6.07 Å². The standard InChI is InChI=1S/C13H12ClFN2O2S/c1-19-12(18)5-3-9-7-20-13(16-9)17-11-4-2-8(15)6-10(11)14/h2,4,6-7H,3,5H2,1H3,(H,16,17). The molecule has 0 unspecified atom stereocenters. The summed E-state index contributed by atoms with van der Waals surface area (Å²) in [5, 5.41) is 5.79. The van der Waals surface area contributed by atoms with Crippen LogP contribution in [0.25, 0.3) is 0 Å². The van der Waals surface area contributed by atoms with E-state index < -0.39 is 5.82 Å². The van der Waals surface area contributed by atoms with Gasteiger partial charge in [0.05, 0.1) is 29.9 Å². The third-order valence-corrected chi connectivity index (χ3v) is 3.66. The minimum Gasteiger partial charge on any atom is -0.469 e. The number of aryl methyl sites for hydroxylation is 1. The number of aromatic nitrogens is 1. The maximum absolute atomic E-state index is 12.9. The van der Waals surface area contributed by atoms with Crippen molar-refractivity contribution in [3.63, 3.8) is 0 Å². The second-order valence-corrected chi connectivity index (χ2v) is 5.23. The van der Waals surface area contributed by atoms with Crippen LogP contribution in [0, 0.1) is 5.82 Å². The number of rotatable bonds is 5. The normalized spacial score (nSPS) is 10.3. The van der Waals surface area contributed by atoms with E-state index in [0.717, 1.165) is 5.69 Å². The van der Waals surface area contributed by atoms with Gasteiger partial charge in [-0.1, -0.05) is 11.6 Å². The third-order valence-electron chi connectivity index (χ3n) is 2.54. The Morgan fingerprint density at radius 1 is 1.55 bits per heavy atom. The molecule has 4 nitrogen and oxygen atoms in total. The molecule has 2 rings (SSSR count). The summed E-state index contributed by atoms with van der Waals surface area (Å²) in [6.45, 7) is 0. The van der Waals surface area contributed by atoms with Crippen molar-refractivity contribution >= 4 is 39.7 Å². The monoisotopic (exact) mass is 314 g/mol. The van der Waals surface area contributed by atoms with E-state index in [2.05, 4.69) is 15.0 Å². The van der Waals surface area contributed by atoms with E-state index in [9.17, 15) is 9.18 Å². The quantitative estimate of drug-likeness (QED) is 0.853. The summed E-state index contributed by atoms with van der Waals surface area (Å²) < 4.78 is 17.5. The zero-order valence-corrected chi connectivity index (χ0v) is 12.2. The van der Waals surface area contributed by atoms with Crippen LogP contribution in [0.5, 0.6) is 0 Å². The Labute approximate surface area is 124 Å². The van der Waals surface area contributed by atoms with Gasteiger partial charge in [0.15, 0.2) is 5.13 Å². The first kappa shape index (κ1) is 14.7. The molecule has 1 N–H and O–H groups in total. The lowest BCUT2D eigenvalue weighted by Gasteiger charge is -2.04. The Morgan fingerprint density at radius 3 is 3.05 bits per heavy atom. The third kappa shape index (κ3) is 3.91. The SMILES string of the molecule is COC(=O)CCc1csc(Nc2ccc(F)cc2Cl)n1. The van der Waals surface area contributed by atoms with Crippen LogP contribution in [0.1, 0.15) is 12.1 Å². The smallest absolute Gasteiger partial charge is 0.305 e. The average molecular weight is 315 g/mol. The number of methoxy groups -OCH3 is 1. The Morgan fingerprint density at radius 2 is 2.35 bits per heavy atom. The fraction of sp³-hybridized carbons (Fsp3) is 0.231. The van der Waals surface area contributed by atoms with Gasteiger partial charge in [-0.2, -0.15) is 0 Å². The van der Waals surface area contributed by atoms with Crippen LogP contribution < -0.4 is 5.32 Å². The van der Waals surface area contributed by atoms with Gasteiger partial charge in [-0.05, 0) is 18.2 Å². The van der Waals surface area contributed by atoms with Gasteiger partial charge >= 0.3 is 5.97 Å². The number of anilines is 2. The van der Waals surface area contributed by atoms with E-state index in [4.69, 9.17) is 11.6 Å². The molecule has 2 aromatic rings. The van der Waals surface area contributed by atoms with Gasteiger partial charge in [0.1, 0.15) is 5.82 Å². The van der Waals surface area contributed by atoms with Gasteiger partial charge < -0.3 is 10.1 Å². The van der Waals surface area contributed by atoms with Crippen molar-refractivity contribution in [3.8, 4) is 0 Å². The molecular weight excluding hydrogens is 303 g/mol. The molecule has 0 radical (unpaired) electrons. The number of benzene rings is 1. The molecule has 0 aliphatic carbocycles. The molecule has 0 spiro atoms. The highest BCUT2D eigenvalue weighted by molar-refractivity contribution is 7.13. The van der Waals surface area contributed by atoms with Gasteiger partial charge in [0.25, 0.3) is 0 Å². The van der Waals surface area contributed by atoms with Crippen molar-refractivity contribution in [2.24, 2.45) is 0 Å². The summed E-state index contributed by atoms with van der Waals surface area (Å²) in [4.78, 5) is 15.4. The first-order valence-corrected chi connectivity index (χ1v) is 7.07. The number of ether oxygens (including phenoxy) is 1. The van der Waals surface area contributed by atoms with Crippen LogP contribution in [0.2, 0.25) is 5.02 Å². The summed E-state index contributed by atoms with van der Waals surface area (Å²) in [5.74, 6) is -0.660. The van der Waals surface area contributed by atoms with Crippen molar-refractivity contribution in [1.82, 2.24) is 4.98 Å². The molecule has 0 bridgehead atoms. The van der Waals surface area contributed by atoms with Gasteiger partial charge in [-0.25, -0.2) is 9.37 Å². The zero-order chi connectivity index (χ0) is 14.5. The number of nitrogens with zero attached hydrogens (tertiary/aromatic N) is 1. The number of halogens is 2. The summed E-state index contributed by atoms with van der Waals surface area (Å²) >= 11 is 7.31. The molecule has 0 atom stereocenters. The van der Waals surface area contributed by atoms with Crippen LogP contribution in [0.3, 0.4) is 0 Å². The predicted octanol–water partition coefficient (Wildman–Crippen LogP) is 3.78. The lowest BCUT2D eigenvalue weighted by atomic mass is 10.2. The van der Waals surface area contributed by atoms with Gasteiger partial charge in [0, 0.05) is 11.8 Å². The Balaban J connectivity index is 2.00. The lowest BCUT2D eigenvalue weighted by molar-refractivity contribution is -0.140. The maximum atomic E-state index is 12.9. The molecule has 0 saturated carbocycles. The number of carbonyl (C=O) groups is 1. The van der Waals surface area contributed by atoms with Crippen molar-refractivity contribution < 1.29 is 13.9 Å². The van der Waals surface area contributed by atoms with Gasteiger partial charge in [-0.15, -0.1) is 11.3 Å². The molecule has 1 aromatic heterocycles. The highest BCUT2D eigenvalue weighted by atomic mass is 35.5. The largest absolute Gasteiger partial charge is 0.469 e. The Kier molecular flexibility index (Phi) is 4.92. The molecule has 0 amide bonds. The van der Waals surface area contributed by atoms with E-state index in [0.29, 0.717) is 17.2 Å². The maximum Gasteiger partial charge on any atom is 0.305 e. The molecule has 0 aliphatic rings. The first-order valence-electron chi connectivity index (χ1n) is 5.82. The number of esters is 1. The second kappa shape index (κ2) is 6.67. The van der Waals surface area contributed by atoms with E-state index in [-0.39, 0.29) is 17.4 Å². The van der Waals surface area contributed by atoms with E-state index in [1.165, 1.54) is 30.6 Å². The van der Waals surface area contributed by atoms with Crippen LogP contribution in [-0.2, 0) is 16.0 Å². The highest BCUT2D eigenvalue weighted by Gasteiger charge is 2.08. The number of nitrogens with one attached hydrogen (secondary N) is 1. The molecule has 7 heteroatoms. The molecular formula is C13H12ClFN2O2S. The Bertz CT molecular complexity index is 618. The predicted molar refractivity (Wildman–Crippen MR) is 77.1 cm³/mol. The van der Waals surface area contributed by atoms with Gasteiger partial charge in [0.2, 0.25) is 0 Å². The zero-order valence-electron chi connectivity index (χ0n) is 10.7. The van der Waals surface area contributed by atoms with Crippen LogP contribution in [-0.4, -0.2) is 18.1 Å². The van der Waals surface area contributed by atoms with Crippen molar-refractivity contribution in [3.05, 3.63) is 40.1 Å². The molecule has 106 valence electrons. The Hall–Kier alpha value is -1.66. The van der Waals surface area contributed by atoms with E-state index in [1.807, 2.05) is 5.38 Å². The lowest BCUT2D eigenvalue weighted by Crippen LogP contribution is -2.02. The molecule has 20 heavy (non-hydrogen) atoms. The minimum absolute atomic E-state index is 0.269. The second-order valence-electron chi connectivity index (χ2n) is 3.97. The fourth-order valence-electron chi connectivity index (χ4n) is 1.52. The summed E-state index contributed by atoms with van der Waals surface area (Å²) in [5.41, 5.74) is 1.38. The van der Waals surface area contributed by atoms with Crippen LogP contribution in [0.15, 0.2) is 23.6 Å². The van der Waals surface area contributed by atoms with E-state index >= 15 is 0 Å². The fourth-order valence-corrected chi connectivity index (χ4v) is 2.49. The molecule has 0 aliphatic heterocycles. The van der Waals surface area contributed by atoms with Crippen molar-refractivity contribution in [2.75, 3.05) is 12.4 Å². The minimum atomic E-state index is -0.390. The number of hydrogen-bond acceptors (Lipinski definition) is 5. The van der Waals surface area contributed by atoms with Gasteiger partial charge in [-0.3, -0.25) is 4.79 Å². The van der Waals surface area contributed by atoms with Crippen LogP contribution >= 0.6 is 22.9 Å². The summed E-state index contributed by atoms with van der Waals surface area (Å²) in [6.07, 6.45) is 0.805. The van der Waals surface area contributed by atoms with Crippen molar-refractivity contribution in [1.29, 1.82) is 0 Å². The number of thiazole rings is 1. The summed E-state index contributed by atoms with van der Waals surface area (Å²) in [7, 11) is 1.35. The van der Waals surface area contributed by atoms with Crippen LogP contribution in [0.4, 0.5) is 15.2 Å². The first-order chi connectivity index (χ1) is 9.58. The highest BCUT2D eigenvalue weighted by Crippen LogP contribution is 2.27. The molecule has 1 aromatic carbocycles. The molecule has 1 heterocycles. The molecule has 0 saturated heterocycles. The topological polar surface area (TPSA) is 51.2 Å². The summed E-state index contributed by atoms with van der Waals surface area (Å²) in [6, 6.07) is 4.10. The van der Waals surface area contributed by atoms with Crippen molar-refractivity contribution in [2.45, 2.75) is 12.8 Å². The molecule has 0 fully saturated rings. The number of carbonyl (C=O) groups excluding carboxylic acids is 1.